The van der Waals surface area contributed by atoms with Crippen molar-refractivity contribution in [2.45, 2.75) is 31.7 Å². The molecule has 1 saturated heterocycles. The van der Waals surface area contributed by atoms with Crippen LogP contribution in [0.5, 0.6) is 0 Å². The highest BCUT2D eigenvalue weighted by atomic mass is 32.2. The second kappa shape index (κ2) is 8.61. The Balaban J connectivity index is 1.62. The monoisotopic (exact) mass is 419 g/mol. The molecule has 2 aromatic carbocycles. The molecular weight excluding hydrogens is 393 g/mol. The standard InChI is InChI=1S/C21H26FN3O3S/c1-15-8-9-19(16(2)14-15)23-21(26)17(3)24-10-12-25(13-11-24)29(27,28)20-7-5-4-6-18(20)22/h4-9,14,17H,10-13H2,1-3H3,(H,23,26)/t17-/m1/s1. The van der Waals surface area contributed by atoms with Gasteiger partial charge < -0.3 is 5.32 Å². The maximum absolute atomic E-state index is 13.9. The number of aryl methyl sites for hydroxylation is 2. The van der Waals surface area contributed by atoms with Gasteiger partial charge in [-0.1, -0.05) is 29.8 Å². The molecular formula is C21H26FN3O3S. The summed E-state index contributed by atoms with van der Waals surface area (Å²) in [5, 5.41) is 2.95. The summed E-state index contributed by atoms with van der Waals surface area (Å²) >= 11 is 0. The van der Waals surface area contributed by atoms with Gasteiger partial charge in [0, 0.05) is 31.9 Å². The number of carbonyl (C=O) groups is 1. The van der Waals surface area contributed by atoms with E-state index in [1.165, 1.54) is 22.5 Å². The molecule has 1 aliphatic heterocycles. The molecule has 1 atom stereocenters. The summed E-state index contributed by atoms with van der Waals surface area (Å²) in [5.41, 5.74) is 2.89. The van der Waals surface area contributed by atoms with Crippen molar-refractivity contribution < 1.29 is 17.6 Å². The van der Waals surface area contributed by atoms with Gasteiger partial charge in [-0.3, -0.25) is 9.69 Å². The van der Waals surface area contributed by atoms with Crippen LogP contribution in [0.15, 0.2) is 47.4 Å². The van der Waals surface area contributed by atoms with Gasteiger partial charge >= 0.3 is 0 Å². The average molecular weight is 420 g/mol. The van der Waals surface area contributed by atoms with Crippen LogP contribution in [0.25, 0.3) is 0 Å². The fourth-order valence-corrected chi connectivity index (χ4v) is 4.97. The first-order valence-electron chi connectivity index (χ1n) is 9.57. The molecule has 2 aromatic rings. The lowest BCUT2D eigenvalue weighted by atomic mass is 10.1. The number of sulfonamides is 1. The quantitative estimate of drug-likeness (QED) is 0.809. The molecule has 156 valence electrons. The number of nitrogens with one attached hydrogen (secondary N) is 1. The third kappa shape index (κ3) is 4.66. The maximum atomic E-state index is 13.9. The molecule has 0 aliphatic carbocycles. The van der Waals surface area contributed by atoms with E-state index >= 15 is 0 Å². The van der Waals surface area contributed by atoms with Crippen molar-refractivity contribution in [3.63, 3.8) is 0 Å². The van der Waals surface area contributed by atoms with Crippen LogP contribution >= 0.6 is 0 Å². The predicted octanol–water partition coefficient (Wildman–Crippen LogP) is 2.78. The second-order valence-corrected chi connectivity index (χ2v) is 9.26. The highest BCUT2D eigenvalue weighted by molar-refractivity contribution is 7.89. The minimum absolute atomic E-state index is 0.137. The zero-order valence-electron chi connectivity index (χ0n) is 16.9. The first-order valence-corrected chi connectivity index (χ1v) is 11.0. The molecule has 1 amide bonds. The predicted molar refractivity (Wildman–Crippen MR) is 111 cm³/mol. The van der Waals surface area contributed by atoms with E-state index in [-0.39, 0.29) is 23.9 Å². The minimum Gasteiger partial charge on any atom is -0.324 e. The van der Waals surface area contributed by atoms with Crippen LogP contribution in [0.3, 0.4) is 0 Å². The molecule has 1 aliphatic rings. The van der Waals surface area contributed by atoms with Crippen molar-refractivity contribution in [2.24, 2.45) is 0 Å². The Morgan fingerprint density at radius 2 is 1.72 bits per heavy atom. The third-order valence-corrected chi connectivity index (χ3v) is 7.23. The van der Waals surface area contributed by atoms with Crippen LogP contribution < -0.4 is 5.32 Å². The number of nitrogens with zero attached hydrogens (tertiary/aromatic N) is 2. The fraction of sp³-hybridized carbons (Fsp3) is 0.381. The largest absolute Gasteiger partial charge is 0.324 e. The number of benzene rings is 2. The Kier molecular flexibility index (Phi) is 6.36. The zero-order valence-corrected chi connectivity index (χ0v) is 17.7. The molecule has 1 heterocycles. The van der Waals surface area contributed by atoms with Gasteiger partial charge in [0.1, 0.15) is 10.7 Å². The molecule has 0 spiro atoms. The van der Waals surface area contributed by atoms with Crippen molar-refractivity contribution in [1.82, 2.24) is 9.21 Å². The van der Waals surface area contributed by atoms with Gasteiger partial charge in [-0.05, 0) is 44.5 Å². The molecule has 0 aromatic heterocycles. The van der Waals surface area contributed by atoms with Crippen LogP contribution in [0.2, 0.25) is 0 Å². The number of rotatable bonds is 5. The van der Waals surface area contributed by atoms with E-state index in [1.54, 1.807) is 6.92 Å². The molecule has 29 heavy (non-hydrogen) atoms. The van der Waals surface area contributed by atoms with Gasteiger partial charge in [-0.2, -0.15) is 4.31 Å². The number of anilines is 1. The Hall–Kier alpha value is -2.29. The van der Waals surface area contributed by atoms with Gasteiger partial charge in [0.2, 0.25) is 15.9 Å². The number of piperazine rings is 1. The van der Waals surface area contributed by atoms with Gasteiger partial charge in [0.15, 0.2) is 0 Å². The minimum atomic E-state index is -3.89. The van der Waals surface area contributed by atoms with E-state index in [1.807, 2.05) is 36.9 Å². The van der Waals surface area contributed by atoms with Crippen LogP contribution in [0.4, 0.5) is 10.1 Å². The number of hydrogen-bond donors (Lipinski definition) is 1. The summed E-state index contributed by atoms with van der Waals surface area (Å²) in [5.74, 6) is -0.890. The van der Waals surface area contributed by atoms with Crippen molar-refractivity contribution >= 4 is 21.6 Å². The first-order chi connectivity index (χ1) is 13.7. The van der Waals surface area contributed by atoms with Crippen molar-refractivity contribution in [1.29, 1.82) is 0 Å². The Bertz CT molecular complexity index is 1000. The summed E-state index contributed by atoms with van der Waals surface area (Å²) in [4.78, 5) is 14.3. The Labute approximate surface area is 171 Å². The van der Waals surface area contributed by atoms with Gasteiger partial charge in [0.05, 0.1) is 6.04 Å². The van der Waals surface area contributed by atoms with Crippen LogP contribution in [-0.4, -0.2) is 55.8 Å². The lowest BCUT2D eigenvalue weighted by Gasteiger charge is -2.36. The number of carbonyl (C=O) groups excluding carboxylic acids is 1. The van der Waals surface area contributed by atoms with Crippen LogP contribution in [-0.2, 0) is 14.8 Å². The van der Waals surface area contributed by atoms with E-state index in [4.69, 9.17) is 0 Å². The lowest BCUT2D eigenvalue weighted by Crippen LogP contribution is -2.54. The van der Waals surface area contributed by atoms with Gasteiger partial charge in [-0.25, -0.2) is 12.8 Å². The van der Waals surface area contributed by atoms with E-state index in [2.05, 4.69) is 5.32 Å². The number of halogens is 1. The summed E-state index contributed by atoms with van der Waals surface area (Å²) in [6, 6.07) is 10.8. The molecule has 1 fully saturated rings. The zero-order chi connectivity index (χ0) is 21.2. The lowest BCUT2D eigenvalue weighted by molar-refractivity contribution is -0.121. The van der Waals surface area contributed by atoms with Crippen molar-refractivity contribution in [3.05, 3.63) is 59.4 Å². The summed E-state index contributed by atoms with van der Waals surface area (Å²) < 4.78 is 40.6. The van der Waals surface area contributed by atoms with E-state index < -0.39 is 21.9 Å². The molecule has 0 saturated carbocycles. The number of hydrogen-bond acceptors (Lipinski definition) is 4. The Morgan fingerprint density at radius 3 is 2.34 bits per heavy atom. The molecule has 6 nitrogen and oxygen atoms in total. The summed E-state index contributed by atoms with van der Waals surface area (Å²) in [6.45, 7) is 6.95. The molecule has 3 rings (SSSR count). The smallest absolute Gasteiger partial charge is 0.246 e. The number of amides is 1. The SMILES string of the molecule is Cc1ccc(NC(=O)[C@@H](C)N2CCN(S(=O)(=O)c3ccccc3F)CC2)c(C)c1. The summed E-state index contributed by atoms with van der Waals surface area (Å²) in [7, 11) is -3.89. The second-order valence-electron chi connectivity index (χ2n) is 7.35. The molecule has 8 heteroatoms. The third-order valence-electron chi connectivity index (χ3n) is 5.29. The molecule has 0 radical (unpaired) electrons. The summed E-state index contributed by atoms with van der Waals surface area (Å²) in [6.07, 6.45) is 0. The highest BCUT2D eigenvalue weighted by Gasteiger charge is 2.33. The Morgan fingerprint density at radius 1 is 1.07 bits per heavy atom. The van der Waals surface area contributed by atoms with Crippen LogP contribution in [0.1, 0.15) is 18.1 Å². The fourth-order valence-electron chi connectivity index (χ4n) is 3.48. The maximum Gasteiger partial charge on any atom is 0.246 e. The van der Waals surface area contributed by atoms with E-state index in [0.717, 1.165) is 22.9 Å². The van der Waals surface area contributed by atoms with Crippen molar-refractivity contribution in [2.75, 3.05) is 31.5 Å². The normalized spacial score (nSPS) is 17.1. The molecule has 0 unspecified atom stereocenters. The van der Waals surface area contributed by atoms with E-state index in [0.29, 0.717) is 13.1 Å². The topological polar surface area (TPSA) is 69.7 Å². The van der Waals surface area contributed by atoms with Gasteiger partial charge in [0.25, 0.3) is 0 Å². The van der Waals surface area contributed by atoms with Crippen LogP contribution in [0, 0.1) is 19.7 Å². The molecule has 0 bridgehead atoms. The van der Waals surface area contributed by atoms with Crippen molar-refractivity contribution in [3.8, 4) is 0 Å². The van der Waals surface area contributed by atoms with Gasteiger partial charge in [-0.15, -0.1) is 0 Å². The molecule has 1 N–H and O–H groups in total. The average Bonchev–Trinajstić information content (AvgIpc) is 2.69. The highest BCUT2D eigenvalue weighted by Crippen LogP contribution is 2.22. The first kappa shape index (κ1) is 21.4. The van der Waals surface area contributed by atoms with E-state index in [9.17, 15) is 17.6 Å².